The first-order valence-corrected chi connectivity index (χ1v) is 9.39. The number of hydrogen-bond acceptors (Lipinski definition) is 4. The van der Waals surface area contributed by atoms with Crippen molar-refractivity contribution >= 4 is 45.5 Å². The third-order valence-corrected chi connectivity index (χ3v) is 5.33. The van der Waals surface area contributed by atoms with Gasteiger partial charge < -0.3 is 21.3 Å². The van der Waals surface area contributed by atoms with Gasteiger partial charge in [0.05, 0.1) is 45.5 Å². The largest absolute Gasteiger partial charge is 0.352 e. The van der Waals surface area contributed by atoms with Crippen molar-refractivity contribution in [1.29, 1.82) is 0 Å². The van der Waals surface area contributed by atoms with Crippen LogP contribution in [0.25, 0.3) is 11.1 Å². The Kier molecular flexibility index (Phi) is 3.14. The Morgan fingerprint density at radius 1 is 0.321 bits per heavy atom. The summed E-state index contributed by atoms with van der Waals surface area (Å²) >= 11 is 0. The van der Waals surface area contributed by atoms with Crippen LogP contribution in [-0.2, 0) is 0 Å². The van der Waals surface area contributed by atoms with E-state index in [-0.39, 0.29) is 0 Å². The monoisotopic (exact) mass is 362 g/mol. The summed E-state index contributed by atoms with van der Waals surface area (Å²) in [6.45, 7) is 0. The van der Waals surface area contributed by atoms with Gasteiger partial charge in [-0.25, -0.2) is 0 Å². The Bertz CT molecular complexity index is 1130. The molecule has 2 aliphatic rings. The summed E-state index contributed by atoms with van der Waals surface area (Å²) in [7, 11) is 0. The first kappa shape index (κ1) is 15.2. The summed E-state index contributed by atoms with van der Waals surface area (Å²) in [5.41, 5.74) is 11.0. The Balaban J connectivity index is 1.50. The topological polar surface area (TPSA) is 48.1 Å². The molecule has 0 fully saturated rings. The number of anilines is 8. The van der Waals surface area contributed by atoms with Gasteiger partial charge in [0.2, 0.25) is 0 Å². The number of rotatable bonds is 1. The predicted octanol–water partition coefficient (Wildman–Crippen LogP) is 6.95. The molecule has 4 heteroatoms. The maximum Gasteiger partial charge on any atom is 0.0704 e. The Morgan fingerprint density at radius 2 is 0.679 bits per heavy atom. The zero-order valence-electron chi connectivity index (χ0n) is 15.1. The highest BCUT2D eigenvalue weighted by molar-refractivity contribution is 6.04. The van der Waals surface area contributed by atoms with E-state index in [9.17, 15) is 0 Å². The zero-order valence-corrected chi connectivity index (χ0v) is 15.1. The minimum atomic E-state index is 1.08. The van der Waals surface area contributed by atoms with Crippen molar-refractivity contribution < 1.29 is 0 Å². The molecule has 0 bridgehead atoms. The molecule has 134 valence electrons. The highest BCUT2D eigenvalue weighted by Gasteiger charge is 2.22. The Labute approximate surface area is 163 Å². The lowest BCUT2D eigenvalue weighted by Gasteiger charge is -2.28. The molecule has 6 rings (SSSR count). The molecule has 0 aromatic heterocycles. The second-order valence-electron chi connectivity index (χ2n) is 7.05. The second-order valence-corrected chi connectivity index (χ2v) is 7.05. The van der Waals surface area contributed by atoms with Gasteiger partial charge in [-0.05, 0) is 36.4 Å². The van der Waals surface area contributed by atoms with Crippen LogP contribution in [0.3, 0.4) is 0 Å². The molecule has 0 saturated heterocycles. The molecule has 4 N–H and O–H groups in total. The third kappa shape index (κ3) is 2.25. The minimum Gasteiger partial charge on any atom is -0.352 e. The van der Waals surface area contributed by atoms with Gasteiger partial charge in [-0.1, -0.05) is 48.5 Å². The van der Waals surface area contributed by atoms with Crippen LogP contribution < -0.4 is 21.3 Å². The molecule has 4 aromatic rings. The molecule has 0 radical (unpaired) electrons. The average Bonchev–Trinajstić information content (AvgIpc) is 2.75. The summed E-state index contributed by atoms with van der Waals surface area (Å²) in [4.78, 5) is 0. The molecule has 0 spiro atoms. The second kappa shape index (κ2) is 5.79. The van der Waals surface area contributed by atoms with Crippen LogP contribution in [0.1, 0.15) is 0 Å². The molecule has 28 heavy (non-hydrogen) atoms. The van der Waals surface area contributed by atoms with Crippen LogP contribution in [0.15, 0.2) is 84.9 Å². The summed E-state index contributed by atoms with van der Waals surface area (Å²) in [6.07, 6.45) is 0. The maximum absolute atomic E-state index is 3.62. The number of hydrogen-bond donors (Lipinski definition) is 4. The van der Waals surface area contributed by atoms with Gasteiger partial charge in [-0.2, -0.15) is 0 Å². The molecule has 0 amide bonds. The Morgan fingerprint density at radius 3 is 1.11 bits per heavy atom. The van der Waals surface area contributed by atoms with Gasteiger partial charge >= 0.3 is 0 Å². The molecule has 0 aliphatic carbocycles. The first-order valence-electron chi connectivity index (χ1n) is 9.39. The molecule has 4 aromatic carbocycles. The van der Waals surface area contributed by atoms with Gasteiger partial charge in [-0.3, -0.25) is 0 Å². The highest BCUT2D eigenvalue weighted by Crippen LogP contribution is 2.49. The quantitative estimate of drug-likeness (QED) is 0.255. The van der Waals surface area contributed by atoms with Crippen molar-refractivity contribution in [3.8, 4) is 11.1 Å². The number of benzene rings is 4. The lowest BCUT2D eigenvalue weighted by Crippen LogP contribution is -2.09. The molecular formula is C24H18N4. The van der Waals surface area contributed by atoms with Crippen LogP contribution >= 0.6 is 0 Å². The molecule has 2 aliphatic heterocycles. The lowest BCUT2D eigenvalue weighted by atomic mass is 9.97. The predicted molar refractivity (Wildman–Crippen MR) is 118 cm³/mol. The van der Waals surface area contributed by atoms with Gasteiger partial charge in [-0.15, -0.1) is 0 Å². The molecule has 4 nitrogen and oxygen atoms in total. The van der Waals surface area contributed by atoms with Crippen molar-refractivity contribution in [3.63, 3.8) is 0 Å². The molecule has 0 saturated carbocycles. The van der Waals surface area contributed by atoms with Gasteiger partial charge in [0, 0.05) is 11.1 Å². The first-order chi connectivity index (χ1) is 13.9. The van der Waals surface area contributed by atoms with E-state index in [1.807, 2.05) is 24.3 Å². The molecule has 0 unspecified atom stereocenters. The summed E-state index contributed by atoms with van der Waals surface area (Å²) in [5, 5.41) is 14.3. The third-order valence-electron chi connectivity index (χ3n) is 5.33. The summed E-state index contributed by atoms with van der Waals surface area (Å²) < 4.78 is 0. The van der Waals surface area contributed by atoms with Crippen molar-refractivity contribution in [2.45, 2.75) is 0 Å². The van der Waals surface area contributed by atoms with E-state index in [1.165, 1.54) is 0 Å². The normalized spacial score (nSPS) is 12.7. The van der Waals surface area contributed by atoms with Crippen molar-refractivity contribution in [1.82, 2.24) is 0 Å². The van der Waals surface area contributed by atoms with Crippen LogP contribution in [0.2, 0.25) is 0 Å². The Hall–Kier alpha value is -3.92. The van der Waals surface area contributed by atoms with E-state index >= 15 is 0 Å². The van der Waals surface area contributed by atoms with Crippen molar-refractivity contribution in [2.75, 3.05) is 21.3 Å². The molecule has 0 atom stereocenters. The number of fused-ring (bicyclic) bond motifs is 4. The van der Waals surface area contributed by atoms with Gasteiger partial charge in [0.1, 0.15) is 0 Å². The smallest absolute Gasteiger partial charge is 0.0704 e. The number of nitrogens with one attached hydrogen (secondary N) is 4. The van der Waals surface area contributed by atoms with Gasteiger partial charge in [0.15, 0.2) is 0 Å². The van der Waals surface area contributed by atoms with E-state index < -0.39 is 0 Å². The number of para-hydroxylation sites is 6. The highest BCUT2D eigenvalue weighted by atomic mass is 15.1. The maximum atomic E-state index is 3.62. The minimum absolute atomic E-state index is 1.08. The fourth-order valence-electron chi connectivity index (χ4n) is 3.99. The van der Waals surface area contributed by atoms with Crippen LogP contribution in [0.4, 0.5) is 45.5 Å². The summed E-state index contributed by atoms with van der Waals surface area (Å²) in [6, 6.07) is 29.3. The van der Waals surface area contributed by atoms with E-state index in [0.717, 1.165) is 56.6 Å². The van der Waals surface area contributed by atoms with E-state index in [4.69, 9.17) is 0 Å². The average molecular weight is 362 g/mol. The van der Waals surface area contributed by atoms with Crippen molar-refractivity contribution in [2.24, 2.45) is 0 Å². The molecular weight excluding hydrogens is 344 g/mol. The van der Waals surface area contributed by atoms with Crippen molar-refractivity contribution in [3.05, 3.63) is 84.9 Å². The summed E-state index contributed by atoms with van der Waals surface area (Å²) in [5.74, 6) is 0. The van der Waals surface area contributed by atoms with Crippen LogP contribution in [0.5, 0.6) is 0 Å². The van der Waals surface area contributed by atoms with E-state index in [0.29, 0.717) is 0 Å². The molecule has 2 heterocycles. The standard InChI is InChI=1S/C24H18N4/c1-3-11-19-17(9-1)25-21-13-5-7-15(23(21)27-19)16-8-6-14-22-24(16)28-20-12-4-2-10-18(20)26-22/h1-14,25-28H. The fourth-order valence-corrected chi connectivity index (χ4v) is 3.99. The van der Waals surface area contributed by atoms with Crippen LogP contribution in [0, 0.1) is 0 Å². The van der Waals surface area contributed by atoms with Crippen LogP contribution in [-0.4, -0.2) is 0 Å². The SMILES string of the molecule is c1ccc2c(c1)Nc1cccc(-c3cccc4c3Nc3ccccc3N4)c1N2. The van der Waals surface area contributed by atoms with Gasteiger partial charge in [0.25, 0.3) is 0 Å². The fraction of sp³-hybridized carbons (Fsp3) is 0. The van der Waals surface area contributed by atoms with E-state index in [1.54, 1.807) is 0 Å². The van der Waals surface area contributed by atoms with E-state index in [2.05, 4.69) is 81.9 Å². The lowest BCUT2D eigenvalue weighted by molar-refractivity contribution is 1.42. The zero-order chi connectivity index (χ0) is 18.5.